The van der Waals surface area contributed by atoms with E-state index in [2.05, 4.69) is 9.53 Å². The van der Waals surface area contributed by atoms with Gasteiger partial charge in [0.25, 0.3) is 0 Å². The zero-order valence-electron chi connectivity index (χ0n) is 6.50. The minimum atomic E-state index is -0.636. The van der Waals surface area contributed by atoms with Crippen LogP contribution in [0.25, 0.3) is 0 Å². The van der Waals surface area contributed by atoms with Gasteiger partial charge in [-0.25, -0.2) is 10.3 Å². The Bertz CT molecular complexity index is 356. The van der Waals surface area contributed by atoms with Gasteiger partial charge in [0, 0.05) is 6.07 Å². The van der Waals surface area contributed by atoms with Crippen LogP contribution in [0.1, 0.15) is 11.3 Å². The van der Waals surface area contributed by atoms with Gasteiger partial charge in [0.05, 0.1) is 6.54 Å². The van der Waals surface area contributed by atoms with Gasteiger partial charge >= 0.3 is 5.63 Å². The highest BCUT2D eigenvalue weighted by atomic mass is 16.4. The Balaban J connectivity index is 3.28. The van der Waals surface area contributed by atoms with Gasteiger partial charge in [0.2, 0.25) is 0 Å². The highest BCUT2D eigenvalue weighted by Crippen LogP contribution is 2.14. The lowest BCUT2D eigenvalue weighted by Crippen LogP contribution is -2.06. The topological polar surface area (TPSA) is 86.7 Å². The summed E-state index contributed by atoms with van der Waals surface area (Å²) in [4.78, 5) is 11.0. The minimum Gasteiger partial charge on any atom is -0.507 e. The molecule has 0 bridgehead atoms. The SMILES string of the molecule is Cc1cc(O)c(CN=N)c(=O)o1. The van der Waals surface area contributed by atoms with E-state index in [4.69, 9.17) is 5.53 Å². The minimum absolute atomic E-state index is 0.0237. The van der Waals surface area contributed by atoms with Crippen molar-refractivity contribution in [2.75, 3.05) is 0 Å². The molecule has 1 aromatic heterocycles. The monoisotopic (exact) mass is 168 g/mol. The second kappa shape index (κ2) is 3.17. The lowest BCUT2D eigenvalue weighted by molar-refractivity contribution is 0.422. The molecule has 5 heteroatoms. The molecule has 0 radical (unpaired) electrons. The van der Waals surface area contributed by atoms with Crippen LogP contribution in [0.5, 0.6) is 5.75 Å². The predicted molar refractivity (Wildman–Crippen MR) is 40.2 cm³/mol. The molecule has 0 aromatic carbocycles. The predicted octanol–water partition coefficient (Wildman–Crippen LogP) is 1.18. The van der Waals surface area contributed by atoms with Crippen LogP contribution in [0.4, 0.5) is 0 Å². The Kier molecular flexibility index (Phi) is 2.23. The summed E-state index contributed by atoms with van der Waals surface area (Å²) in [5.74, 6) is 0.172. The molecule has 0 spiro atoms. The average molecular weight is 168 g/mol. The third-order valence-corrected chi connectivity index (χ3v) is 1.39. The van der Waals surface area contributed by atoms with Crippen molar-refractivity contribution in [2.45, 2.75) is 13.5 Å². The van der Waals surface area contributed by atoms with Crippen molar-refractivity contribution in [3.8, 4) is 5.75 Å². The lowest BCUT2D eigenvalue weighted by atomic mass is 10.2. The van der Waals surface area contributed by atoms with Crippen molar-refractivity contribution in [1.29, 1.82) is 5.53 Å². The third-order valence-electron chi connectivity index (χ3n) is 1.39. The smallest absolute Gasteiger partial charge is 0.344 e. The number of nitrogens with one attached hydrogen (secondary N) is 1. The molecule has 2 N–H and O–H groups in total. The van der Waals surface area contributed by atoms with Crippen molar-refractivity contribution in [3.05, 3.63) is 27.8 Å². The summed E-state index contributed by atoms with van der Waals surface area (Å²) in [6, 6.07) is 1.32. The second-order valence-electron chi connectivity index (χ2n) is 2.32. The van der Waals surface area contributed by atoms with E-state index in [1.165, 1.54) is 6.07 Å². The summed E-state index contributed by atoms with van der Waals surface area (Å²) in [5, 5.41) is 12.2. The first-order chi connectivity index (χ1) is 5.65. The summed E-state index contributed by atoms with van der Waals surface area (Å²) in [6.45, 7) is 1.41. The van der Waals surface area contributed by atoms with E-state index >= 15 is 0 Å². The normalized spacial score (nSPS) is 9.75. The summed E-state index contributed by atoms with van der Waals surface area (Å²) >= 11 is 0. The first kappa shape index (κ1) is 8.45. The van der Waals surface area contributed by atoms with E-state index in [1.54, 1.807) is 6.92 Å². The van der Waals surface area contributed by atoms with Crippen LogP contribution in [-0.2, 0) is 6.54 Å². The van der Waals surface area contributed by atoms with Crippen LogP contribution in [0.2, 0.25) is 0 Å². The molecule has 0 unspecified atom stereocenters. The molecule has 0 aliphatic heterocycles. The maximum atomic E-state index is 11.0. The van der Waals surface area contributed by atoms with E-state index in [1.807, 2.05) is 0 Å². The van der Waals surface area contributed by atoms with Crippen LogP contribution in [0.3, 0.4) is 0 Å². The van der Waals surface area contributed by atoms with Gasteiger partial charge in [0.15, 0.2) is 0 Å². The van der Waals surface area contributed by atoms with Crippen LogP contribution in [0.15, 0.2) is 20.4 Å². The van der Waals surface area contributed by atoms with E-state index in [0.29, 0.717) is 5.76 Å². The fraction of sp³-hybridized carbons (Fsp3) is 0.286. The fourth-order valence-corrected chi connectivity index (χ4v) is 0.846. The van der Waals surface area contributed by atoms with E-state index in [0.717, 1.165) is 0 Å². The molecule has 1 heterocycles. The highest BCUT2D eigenvalue weighted by Gasteiger charge is 2.07. The van der Waals surface area contributed by atoms with Gasteiger partial charge in [-0.2, -0.15) is 5.11 Å². The maximum absolute atomic E-state index is 11.0. The number of aryl methyl sites for hydroxylation is 1. The molecule has 64 valence electrons. The van der Waals surface area contributed by atoms with Crippen LogP contribution in [0, 0.1) is 12.5 Å². The van der Waals surface area contributed by atoms with E-state index < -0.39 is 5.63 Å². The van der Waals surface area contributed by atoms with Gasteiger partial charge in [-0.15, -0.1) is 0 Å². The second-order valence-corrected chi connectivity index (χ2v) is 2.32. The molecule has 12 heavy (non-hydrogen) atoms. The number of rotatable bonds is 2. The Hall–Kier alpha value is -1.65. The lowest BCUT2D eigenvalue weighted by Gasteiger charge is -1.98. The standard InChI is InChI=1S/C7H8N2O3/c1-4-2-6(10)5(3-9-8)7(11)12-4/h2,8,10H,3H2,1H3. The largest absolute Gasteiger partial charge is 0.507 e. The summed E-state index contributed by atoms with van der Waals surface area (Å²) in [7, 11) is 0. The Morgan fingerprint density at radius 2 is 2.42 bits per heavy atom. The summed E-state index contributed by atoms with van der Waals surface area (Å²) in [5.41, 5.74) is 5.91. The summed E-state index contributed by atoms with van der Waals surface area (Å²) < 4.78 is 4.68. The van der Waals surface area contributed by atoms with E-state index in [9.17, 15) is 9.90 Å². The fourth-order valence-electron chi connectivity index (χ4n) is 0.846. The van der Waals surface area contributed by atoms with Crippen LogP contribution in [-0.4, -0.2) is 5.11 Å². The van der Waals surface area contributed by atoms with Crippen molar-refractivity contribution < 1.29 is 9.52 Å². The first-order valence-corrected chi connectivity index (χ1v) is 3.31. The molecular weight excluding hydrogens is 160 g/mol. The Labute approximate surface area is 68.2 Å². The average Bonchev–Trinajstić information content (AvgIpc) is 1.96. The molecule has 0 atom stereocenters. The number of nitrogens with zero attached hydrogens (tertiary/aromatic N) is 1. The molecule has 0 aliphatic rings. The van der Waals surface area contributed by atoms with Crippen molar-refractivity contribution in [2.24, 2.45) is 5.11 Å². The summed E-state index contributed by atoms with van der Waals surface area (Å²) in [6.07, 6.45) is 0. The van der Waals surface area contributed by atoms with Gasteiger partial charge in [-0.05, 0) is 6.92 Å². The third kappa shape index (κ3) is 1.50. The molecule has 5 nitrogen and oxygen atoms in total. The van der Waals surface area contributed by atoms with Crippen molar-refractivity contribution in [1.82, 2.24) is 0 Å². The first-order valence-electron chi connectivity index (χ1n) is 3.31. The van der Waals surface area contributed by atoms with Gasteiger partial charge < -0.3 is 9.52 Å². The van der Waals surface area contributed by atoms with Crippen molar-refractivity contribution >= 4 is 0 Å². The van der Waals surface area contributed by atoms with Crippen LogP contribution < -0.4 is 5.63 Å². The number of hydrogen-bond acceptors (Lipinski definition) is 5. The Morgan fingerprint density at radius 1 is 1.75 bits per heavy atom. The molecule has 0 amide bonds. The molecule has 1 aromatic rings. The van der Waals surface area contributed by atoms with Gasteiger partial charge in [-0.3, -0.25) is 0 Å². The molecule has 1 rings (SSSR count). The quantitative estimate of drug-likeness (QED) is 0.650. The molecular formula is C7H8N2O3. The zero-order chi connectivity index (χ0) is 9.14. The number of aromatic hydroxyl groups is 1. The molecule has 0 fully saturated rings. The maximum Gasteiger partial charge on any atom is 0.344 e. The zero-order valence-corrected chi connectivity index (χ0v) is 6.50. The highest BCUT2D eigenvalue weighted by molar-refractivity contribution is 5.29. The molecule has 0 saturated heterocycles. The van der Waals surface area contributed by atoms with Gasteiger partial charge in [0.1, 0.15) is 17.1 Å². The Morgan fingerprint density at radius 3 is 2.92 bits per heavy atom. The van der Waals surface area contributed by atoms with Crippen LogP contribution >= 0.6 is 0 Å². The molecule has 0 saturated carbocycles. The molecule has 0 aliphatic carbocycles. The van der Waals surface area contributed by atoms with Crippen molar-refractivity contribution in [3.63, 3.8) is 0 Å². The van der Waals surface area contributed by atoms with E-state index in [-0.39, 0.29) is 17.9 Å². The van der Waals surface area contributed by atoms with Gasteiger partial charge in [-0.1, -0.05) is 0 Å². The number of hydrogen-bond donors (Lipinski definition) is 2.